The second-order valence-electron chi connectivity index (χ2n) is 5.88. The number of aliphatic carboxylic acids is 1. The number of phenolic OH excluding ortho intramolecular Hbond substituents is 1. The van der Waals surface area contributed by atoms with Crippen LogP contribution in [0.25, 0.3) is 11.3 Å². The lowest BCUT2D eigenvalue weighted by Crippen LogP contribution is -2.31. The number of hydrogen-bond donors (Lipinski definition) is 2. The molecule has 7 nitrogen and oxygen atoms in total. The van der Waals surface area contributed by atoms with Gasteiger partial charge in [0, 0.05) is 30.4 Å². The third-order valence-corrected chi connectivity index (χ3v) is 3.90. The number of phenols is 1. The predicted octanol–water partition coefficient (Wildman–Crippen LogP) is 1.75. The standard InChI is InChI=1S/C17H19N3O4/c1-10-7-18-11(2)16(19-10)12-5-13-8-20(9-15(22)23)3-4-24-17(13)14(21)6-12/h5-7,21H,3-4,8-9H2,1-2H3,(H,22,23). The van der Waals surface area contributed by atoms with Gasteiger partial charge in [-0.25, -0.2) is 4.98 Å². The van der Waals surface area contributed by atoms with Gasteiger partial charge in [-0.05, 0) is 26.0 Å². The summed E-state index contributed by atoms with van der Waals surface area (Å²) in [5.41, 5.74) is 3.72. The van der Waals surface area contributed by atoms with E-state index >= 15 is 0 Å². The first-order chi connectivity index (χ1) is 11.4. The van der Waals surface area contributed by atoms with Gasteiger partial charge in [0.2, 0.25) is 0 Å². The van der Waals surface area contributed by atoms with Crippen molar-refractivity contribution in [1.29, 1.82) is 0 Å². The molecule has 1 aromatic carbocycles. The van der Waals surface area contributed by atoms with Crippen LogP contribution in [0.2, 0.25) is 0 Å². The van der Waals surface area contributed by atoms with Crippen molar-refractivity contribution >= 4 is 5.97 Å². The molecule has 0 fully saturated rings. The maximum absolute atomic E-state index is 11.0. The van der Waals surface area contributed by atoms with Crippen molar-refractivity contribution in [2.45, 2.75) is 20.4 Å². The van der Waals surface area contributed by atoms with Gasteiger partial charge in [-0.1, -0.05) is 0 Å². The van der Waals surface area contributed by atoms with Crippen LogP contribution in [0.4, 0.5) is 0 Å². The molecule has 1 aliphatic heterocycles. The number of nitrogens with zero attached hydrogens (tertiary/aromatic N) is 3. The number of aromatic hydroxyl groups is 1. The summed E-state index contributed by atoms with van der Waals surface area (Å²) in [4.78, 5) is 21.6. The lowest BCUT2D eigenvalue weighted by molar-refractivity contribution is -0.138. The van der Waals surface area contributed by atoms with Crippen molar-refractivity contribution in [2.24, 2.45) is 0 Å². The molecule has 1 aliphatic rings. The normalized spacial score (nSPS) is 14.6. The highest BCUT2D eigenvalue weighted by molar-refractivity contribution is 5.70. The van der Waals surface area contributed by atoms with Crippen molar-refractivity contribution in [3.8, 4) is 22.8 Å². The molecule has 0 saturated carbocycles. The van der Waals surface area contributed by atoms with Gasteiger partial charge in [0.05, 0.1) is 23.6 Å². The van der Waals surface area contributed by atoms with E-state index in [1.165, 1.54) is 0 Å². The smallest absolute Gasteiger partial charge is 0.317 e. The van der Waals surface area contributed by atoms with Gasteiger partial charge >= 0.3 is 5.97 Å². The minimum absolute atomic E-state index is 0.0300. The number of carbonyl (C=O) groups is 1. The number of carboxylic acid groups (broad SMARTS) is 1. The monoisotopic (exact) mass is 329 g/mol. The topological polar surface area (TPSA) is 95.8 Å². The predicted molar refractivity (Wildman–Crippen MR) is 87.0 cm³/mol. The Morgan fingerprint density at radius 1 is 1.38 bits per heavy atom. The van der Waals surface area contributed by atoms with Gasteiger partial charge in [0.1, 0.15) is 6.61 Å². The number of aromatic nitrogens is 2. The van der Waals surface area contributed by atoms with E-state index in [1.807, 2.05) is 19.9 Å². The Morgan fingerprint density at radius 3 is 2.92 bits per heavy atom. The second-order valence-corrected chi connectivity index (χ2v) is 5.88. The van der Waals surface area contributed by atoms with E-state index in [9.17, 15) is 9.90 Å². The number of aryl methyl sites for hydroxylation is 2. The van der Waals surface area contributed by atoms with Crippen molar-refractivity contribution in [1.82, 2.24) is 14.9 Å². The Bertz CT molecular complexity index is 792. The average molecular weight is 329 g/mol. The third kappa shape index (κ3) is 3.30. The Morgan fingerprint density at radius 2 is 2.17 bits per heavy atom. The molecule has 126 valence electrons. The summed E-state index contributed by atoms with van der Waals surface area (Å²) >= 11 is 0. The fourth-order valence-corrected chi connectivity index (χ4v) is 2.83. The van der Waals surface area contributed by atoms with Gasteiger partial charge in [-0.3, -0.25) is 14.7 Å². The van der Waals surface area contributed by atoms with Crippen LogP contribution in [0.15, 0.2) is 18.3 Å². The van der Waals surface area contributed by atoms with E-state index in [4.69, 9.17) is 9.84 Å². The molecule has 3 rings (SSSR count). The lowest BCUT2D eigenvalue weighted by atomic mass is 10.0. The fraction of sp³-hybridized carbons (Fsp3) is 0.353. The number of carboxylic acids is 1. The van der Waals surface area contributed by atoms with Gasteiger partial charge in [-0.2, -0.15) is 0 Å². The van der Waals surface area contributed by atoms with Gasteiger partial charge in [0.15, 0.2) is 11.5 Å². The van der Waals surface area contributed by atoms with Crippen LogP contribution in [0, 0.1) is 13.8 Å². The van der Waals surface area contributed by atoms with Crippen LogP contribution in [-0.2, 0) is 11.3 Å². The highest BCUT2D eigenvalue weighted by atomic mass is 16.5. The minimum Gasteiger partial charge on any atom is -0.504 e. The molecule has 2 N–H and O–H groups in total. The first-order valence-corrected chi connectivity index (χ1v) is 7.67. The Balaban J connectivity index is 2.03. The van der Waals surface area contributed by atoms with Gasteiger partial charge in [-0.15, -0.1) is 0 Å². The molecule has 0 spiro atoms. The Kier molecular flexibility index (Phi) is 4.35. The summed E-state index contributed by atoms with van der Waals surface area (Å²) in [7, 11) is 0. The van der Waals surface area contributed by atoms with Crippen molar-refractivity contribution in [3.05, 3.63) is 35.3 Å². The molecule has 2 heterocycles. The van der Waals surface area contributed by atoms with E-state index in [-0.39, 0.29) is 12.3 Å². The maximum Gasteiger partial charge on any atom is 0.317 e. The molecule has 0 saturated heterocycles. The third-order valence-electron chi connectivity index (χ3n) is 3.90. The highest BCUT2D eigenvalue weighted by Gasteiger charge is 2.21. The first kappa shape index (κ1) is 16.2. The zero-order valence-corrected chi connectivity index (χ0v) is 13.6. The summed E-state index contributed by atoms with van der Waals surface area (Å²) in [6.45, 7) is 4.85. The molecule has 2 aromatic rings. The van der Waals surface area contributed by atoms with Crippen LogP contribution in [0.5, 0.6) is 11.5 Å². The molecule has 0 atom stereocenters. The van der Waals surface area contributed by atoms with E-state index in [0.717, 1.165) is 22.5 Å². The number of ether oxygens (including phenoxy) is 1. The summed E-state index contributed by atoms with van der Waals surface area (Å²) < 4.78 is 5.62. The molecule has 0 unspecified atom stereocenters. The SMILES string of the molecule is Cc1cnc(C)c(-c2cc(O)c3c(c2)CN(CC(=O)O)CCO3)n1. The van der Waals surface area contributed by atoms with Crippen molar-refractivity contribution < 1.29 is 19.7 Å². The van der Waals surface area contributed by atoms with Crippen LogP contribution in [0.1, 0.15) is 17.0 Å². The Hall–Kier alpha value is -2.67. The molecular formula is C17H19N3O4. The molecule has 0 bridgehead atoms. The van der Waals surface area contributed by atoms with Crippen LogP contribution in [0.3, 0.4) is 0 Å². The molecular weight excluding hydrogens is 310 g/mol. The summed E-state index contributed by atoms with van der Waals surface area (Å²) in [6, 6.07) is 3.49. The molecule has 7 heteroatoms. The molecule has 24 heavy (non-hydrogen) atoms. The lowest BCUT2D eigenvalue weighted by Gasteiger charge is -2.17. The number of fused-ring (bicyclic) bond motifs is 1. The fourth-order valence-electron chi connectivity index (χ4n) is 2.83. The maximum atomic E-state index is 11.0. The second kappa shape index (κ2) is 6.45. The van der Waals surface area contributed by atoms with Crippen molar-refractivity contribution in [2.75, 3.05) is 19.7 Å². The van der Waals surface area contributed by atoms with Crippen LogP contribution >= 0.6 is 0 Å². The zero-order valence-electron chi connectivity index (χ0n) is 13.6. The van der Waals surface area contributed by atoms with E-state index in [0.29, 0.717) is 31.1 Å². The number of rotatable bonds is 3. The molecule has 1 aromatic heterocycles. The largest absolute Gasteiger partial charge is 0.504 e. The highest BCUT2D eigenvalue weighted by Crippen LogP contribution is 2.37. The van der Waals surface area contributed by atoms with E-state index in [1.54, 1.807) is 17.2 Å². The summed E-state index contributed by atoms with van der Waals surface area (Å²) in [5.74, 6) is -0.452. The van der Waals surface area contributed by atoms with Crippen LogP contribution < -0.4 is 4.74 Å². The average Bonchev–Trinajstić information content (AvgIpc) is 2.71. The zero-order chi connectivity index (χ0) is 17.3. The number of hydrogen-bond acceptors (Lipinski definition) is 6. The number of benzene rings is 1. The minimum atomic E-state index is -0.890. The molecule has 0 radical (unpaired) electrons. The summed E-state index contributed by atoms with van der Waals surface area (Å²) in [6.07, 6.45) is 1.69. The first-order valence-electron chi connectivity index (χ1n) is 7.67. The van der Waals surface area contributed by atoms with Crippen LogP contribution in [-0.4, -0.2) is 50.7 Å². The van der Waals surface area contributed by atoms with E-state index < -0.39 is 5.97 Å². The molecule has 0 aliphatic carbocycles. The summed E-state index contributed by atoms with van der Waals surface area (Å²) in [5, 5.41) is 19.4. The van der Waals surface area contributed by atoms with E-state index in [2.05, 4.69) is 9.97 Å². The quantitative estimate of drug-likeness (QED) is 0.885. The Labute approximate surface area is 139 Å². The van der Waals surface area contributed by atoms with Crippen molar-refractivity contribution in [3.63, 3.8) is 0 Å². The van der Waals surface area contributed by atoms with Gasteiger partial charge < -0.3 is 14.9 Å². The van der Waals surface area contributed by atoms with Gasteiger partial charge in [0.25, 0.3) is 0 Å². The molecule has 0 amide bonds.